The fourth-order valence-electron chi connectivity index (χ4n) is 0.891. The van der Waals surface area contributed by atoms with Crippen LogP contribution in [0.4, 0.5) is 26.3 Å². The highest BCUT2D eigenvalue weighted by atomic mass is 19.4. The van der Waals surface area contributed by atoms with Crippen LogP contribution in [0.15, 0.2) is 22.0 Å². The van der Waals surface area contributed by atoms with E-state index >= 15 is 0 Å². The number of carboxylic acids is 1. The zero-order valence-corrected chi connectivity index (χ0v) is 7.10. The first-order valence-corrected chi connectivity index (χ1v) is 3.54. The van der Waals surface area contributed by atoms with E-state index in [1.165, 1.54) is 0 Å². The molecule has 1 aliphatic heterocycles. The Kier molecular flexibility index (Phi) is 2.48. The lowest BCUT2D eigenvalue weighted by atomic mass is 10.00. The number of alkyl halides is 6. The van der Waals surface area contributed by atoms with E-state index in [2.05, 4.69) is 10.2 Å². The van der Waals surface area contributed by atoms with Crippen molar-refractivity contribution in [2.75, 3.05) is 0 Å². The first kappa shape index (κ1) is 12.5. The molecule has 1 heterocycles. The number of carboxylic acid groups (broad SMARTS) is 1. The van der Waals surface area contributed by atoms with E-state index in [4.69, 9.17) is 5.11 Å². The quantitative estimate of drug-likeness (QED) is 0.723. The molecule has 0 amide bonds. The molecule has 0 saturated carbocycles. The molecule has 0 aromatic carbocycles. The Balaban J connectivity index is 3.28. The lowest BCUT2D eigenvalue weighted by Gasteiger charge is -2.20. The first-order chi connectivity index (χ1) is 7.01. The fraction of sp³-hybridized carbons (Fsp3) is 0.500. The number of hydrogen-bond donors (Lipinski definition) is 1. The van der Waals surface area contributed by atoms with Crippen LogP contribution < -0.4 is 0 Å². The van der Waals surface area contributed by atoms with Gasteiger partial charge in [0.25, 0.3) is 5.54 Å². The Labute approximate surface area is 83.3 Å². The minimum absolute atomic E-state index is 0.560. The van der Waals surface area contributed by atoms with Gasteiger partial charge in [0.15, 0.2) is 5.70 Å². The zero-order chi connectivity index (χ0) is 12.8. The minimum Gasteiger partial charge on any atom is -0.479 e. The van der Waals surface area contributed by atoms with Gasteiger partial charge in [-0.2, -0.15) is 31.5 Å². The van der Waals surface area contributed by atoms with Crippen LogP contribution in [0.1, 0.15) is 0 Å². The predicted molar refractivity (Wildman–Crippen MR) is 35.4 cm³/mol. The molecule has 1 unspecified atom stereocenters. The molecule has 1 rings (SSSR count). The molecule has 0 bridgehead atoms. The molecule has 1 N–H and O–H groups in total. The summed E-state index contributed by atoms with van der Waals surface area (Å²) in [7, 11) is 0. The summed E-state index contributed by atoms with van der Waals surface area (Å²) in [6.45, 7) is 0. The van der Waals surface area contributed by atoms with Crippen molar-refractivity contribution in [1.82, 2.24) is 0 Å². The Bertz CT molecular complexity index is 381. The summed E-state index contributed by atoms with van der Waals surface area (Å²) in [4.78, 5) is 10.4. The predicted octanol–water partition coefficient (Wildman–Crippen LogP) is 2.28. The fourth-order valence-corrected chi connectivity index (χ4v) is 0.891. The highest BCUT2D eigenvalue weighted by Gasteiger charge is 2.64. The van der Waals surface area contributed by atoms with Crippen LogP contribution in [0, 0.1) is 0 Å². The van der Waals surface area contributed by atoms with Crippen molar-refractivity contribution in [2.45, 2.75) is 17.9 Å². The molecule has 0 saturated heterocycles. The van der Waals surface area contributed by atoms with Crippen LogP contribution >= 0.6 is 0 Å². The van der Waals surface area contributed by atoms with Gasteiger partial charge in [0, 0.05) is 0 Å². The average Bonchev–Trinajstić information content (AvgIpc) is 2.45. The van der Waals surface area contributed by atoms with Gasteiger partial charge in [0.05, 0.1) is 0 Å². The van der Waals surface area contributed by atoms with Crippen molar-refractivity contribution in [2.24, 2.45) is 10.2 Å². The first-order valence-electron chi connectivity index (χ1n) is 3.54. The molecule has 0 fully saturated rings. The summed E-state index contributed by atoms with van der Waals surface area (Å²) in [5, 5.41) is 12.7. The van der Waals surface area contributed by atoms with E-state index in [1.807, 2.05) is 0 Å². The molecule has 16 heavy (non-hydrogen) atoms. The Hall–Kier alpha value is -1.61. The summed E-state index contributed by atoms with van der Waals surface area (Å²) in [6, 6.07) is 0. The molecule has 90 valence electrons. The summed E-state index contributed by atoms with van der Waals surface area (Å²) in [5.74, 6) is -2.57. The van der Waals surface area contributed by atoms with E-state index in [0.717, 1.165) is 0 Å². The van der Waals surface area contributed by atoms with E-state index in [9.17, 15) is 31.1 Å². The number of halogens is 6. The molecule has 0 aliphatic carbocycles. The van der Waals surface area contributed by atoms with Gasteiger partial charge in [-0.1, -0.05) is 0 Å². The maximum absolute atomic E-state index is 12.3. The largest absolute Gasteiger partial charge is 0.479 e. The number of azo groups is 1. The van der Waals surface area contributed by atoms with Gasteiger partial charge in [0.2, 0.25) is 0 Å². The summed E-state index contributed by atoms with van der Waals surface area (Å²) in [6.07, 6.45) is -11.2. The maximum Gasteiger partial charge on any atom is 0.434 e. The molecular weight excluding hydrogens is 246 g/mol. The number of allylic oxidation sites excluding steroid dienone is 1. The Morgan fingerprint density at radius 2 is 1.75 bits per heavy atom. The molecule has 10 heteroatoms. The zero-order valence-electron chi connectivity index (χ0n) is 7.10. The van der Waals surface area contributed by atoms with Crippen molar-refractivity contribution >= 4 is 5.97 Å². The SMILES string of the molecule is O=C(O)C1(C(F)(F)F)C=C(C(F)(F)F)N=N1. The van der Waals surface area contributed by atoms with Gasteiger partial charge in [-0.05, 0) is 6.08 Å². The summed E-state index contributed by atoms with van der Waals surface area (Å²) < 4.78 is 72.8. The second kappa shape index (κ2) is 3.19. The van der Waals surface area contributed by atoms with Crippen molar-refractivity contribution in [3.63, 3.8) is 0 Å². The summed E-state index contributed by atoms with van der Waals surface area (Å²) in [5.41, 5.74) is -5.93. The standard InChI is InChI=1S/C6H2F6N2O2/c7-5(8,9)2-1-4(3(15)16,14-13-2)6(10,11)12/h1H,(H,15,16). The van der Waals surface area contributed by atoms with Crippen LogP contribution in [0.2, 0.25) is 0 Å². The van der Waals surface area contributed by atoms with Crippen molar-refractivity contribution in [3.05, 3.63) is 11.8 Å². The normalized spacial score (nSPS) is 25.8. The smallest absolute Gasteiger partial charge is 0.434 e. The third-order valence-corrected chi connectivity index (χ3v) is 1.71. The molecular formula is C6H2F6N2O2. The van der Waals surface area contributed by atoms with Gasteiger partial charge in [-0.3, -0.25) is 0 Å². The molecule has 1 aliphatic rings. The van der Waals surface area contributed by atoms with Crippen LogP contribution in [-0.2, 0) is 4.79 Å². The molecule has 1 atom stereocenters. The number of carbonyl (C=O) groups is 1. The van der Waals surface area contributed by atoms with Crippen LogP contribution in [0.3, 0.4) is 0 Å². The maximum atomic E-state index is 12.3. The van der Waals surface area contributed by atoms with Gasteiger partial charge in [-0.15, -0.1) is 5.11 Å². The van der Waals surface area contributed by atoms with Crippen LogP contribution in [-0.4, -0.2) is 29.0 Å². The number of aliphatic carboxylic acids is 1. The van der Waals surface area contributed by atoms with Gasteiger partial charge >= 0.3 is 18.3 Å². The van der Waals surface area contributed by atoms with E-state index in [-0.39, 0.29) is 0 Å². The Morgan fingerprint density at radius 3 is 1.94 bits per heavy atom. The molecule has 4 nitrogen and oxygen atoms in total. The molecule has 0 radical (unpaired) electrons. The lowest BCUT2D eigenvalue weighted by molar-refractivity contribution is -0.190. The van der Waals surface area contributed by atoms with E-state index in [1.54, 1.807) is 0 Å². The monoisotopic (exact) mass is 248 g/mol. The van der Waals surface area contributed by atoms with Crippen molar-refractivity contribution in [1.29, 1.82) is 0 Å². The molecule has 0 aromatic heterocycles. The second-order valence-electron chi connectivity index (χ2n) is 2.80. The summed E-state index contributed by atoms with van der Waals surface area (Å²) >= 11 is 0. The van der Waals surface area contributed by atoms with Crippen molar-refractivity contribution < 1.29 is 36.2 Å². The lowest BCUT2D eigenvalue weighted by Crippen LogP contribution is -2.47. The number of hydrogen-bond acceptors (Lipinski definition) is 3. The minimum atomic E-state index is -5.49. The van der Waals surface area contributed by atoms with E-state index in [0.29, 0.717) is 0 Å². The van der Waals surface area contributed by atoms with Gasteiger partial charge in [-0.25, -0.2) is 4.79 Å². The second-order valence-corrected chi connectivity index (χ2v) is 2.80. The highest BCUT2D eigenvalue weighted by molar-refractivity contribution is 5.83. The topological polar surface area (TPSA) is 62.0 Å². The highest BCUT2D eigenvalue weighted by Crippen LogP contribution is 2.43. The van der Waals surface area contributed by atoms with Crippen LogP contribution in [0.25, 0.3) is 0 Å². The third kappa shape index (κ3) is 1.74. The van der Waals surface area contributed by atoms with Gasteiger partial charge in [0.1, 0.15) is 0 Å². The Morgan fingerprint density at radius 1 is 1.25 bits per heavy atom. The van der Waals surface area contributed by atoms with Gasteiger partial charge < -0.3 is 5.11 Å². The average molecular weight is 248 g/mol. The number of rotatable bonds is 1. The third-order valence-electron chi connectivity index (χ3n) is 1.71. The van der Waals surface area contributed by atoms with E-state index < -0.39 is 35.6 Å². The molecule has 0 spiro atoms. The van der Waals surface area contributed by atoms with Crippen LogP contribution in [0.5, 0.6) is 0 Å². The number of nitrogens with zero attached hydrogens (tertiary/aromatic N) is 2. The van der Waals surface area contributed by atoms with Crippen molar-refractivity contribution in [3.8, 4) is 0 Å². The molecule has 0 aromatic rings.